The molecule has 0 aromatic heterocycles. The Hall–Kier alpha value is -2.07. The van der Waals surface area contributed by atoms with Crippen molar-refractivity contribution < 1.29 is 13.9 Å². The maximum atomic E-state index is 13.5. The maximum absolute atomic E-state index is 13.5. The van der Waals surface area contributed by atoms with Crippen LogP contribution in [0.2, 0.25) is 0 Å². The summed E-state index contributed by atoms with van der Waals surface area (Å²) in [5, 5.41) is 3.22. The third-order valence-electron chi connectivity index (χ3n) is 3.51. The van der Waals surface area contributed by atoms with Gasteiger partial charge in [0.1, 0.15) is 17.3 Å². The largest absolute Gasteiger partial charge is 0.497 e. The van der Waals surface area contributed by atoms with E-state index in [0.29, 0.717) is 5.75 Å². The molecule has 3 nitrogen and oxygen atoms in total. The van der Waals surface area contributed by atoms with E-state index < -0.39 is 0 Å². The van der Waals surface area contributed by atoms with E-state index in [0.717, 1.165) is 23.3 Å². The molecule has 2 aromatic carbocycles. The number of halogens is 1. The van der Waals surface area contributed by atoms with Crippen LogP contribution in [0, 0.1) is 5.82 Å². The van der Waals surface area contributed by atoms with Crippen molar-refractivity contribution in [3.8, 4) is 11.5 Å². The van der Waals surface area contributed by atoms with Crippen molar-refractivity contribution in [1.82, 2.24) is 5.32 Å². The van der Waals surface area contributed by atoms with Crippen LogP contribution in [0.1, 0.15) is 17.2 Å². The summed E-state index contributed by atoms with van der Waals surface area (Å²) >= 11 is 0. The van der Waals surface area contributed by atoms with Crippen molar-refractivity contribution in [3.05, 3.63) is 59.4 Å². The molecule has 0 heterocycles. The van der Waals surface area contributed by atoms with Crippen LogP contribution in [0.3, 0.4) is 0 Å². The van der Waals surface area contributed by atoms with E-state index >= 15 is 0 Å². The Bertz CT molecular complexity index is 584. The average Bonchev–Trinajstić information content (AvgIpc) is 2.53. The molecule has 2 aromatic rings. The Kier molecular flexibility index (Phi) is 5.17. The molecule has 0 spiro atoms. The standard InChI is InChI=1S/C17H20FNO2/c1-19-16(10-12-4-7-14(20-2)8-5-12)15-11-13(18)6-9-17(15)21-3/h4-9,11,16,19H,10H2,1-3H3. The number of hydrogen-bond donors (Lipinski definition) is 1. The smallest absolute Gasteiger partial charge is 0.123 e. The molecule has 0 saturated carbocycles. The number of benzene rings is 2. The Morgan fingerprint density at radius 2 is 1.76 bits per heavy atom. The Balaban J connectivity index is 2.24. The van der Waals surface area contributed by atoms with E-state index in [1.807, 2.05) is 31.3 Å². The average molecular weight is 289 g/mol. The fourth-order valence-electron chi connectivity index (χ4n) is 2.34. The van der Waals surface area contributed by atoms with Crippen molar-refractivity contribution in [1.29, 1.82) is 0 Å². The zero-order valence-corrected chi connectivity index (χ0v) is 12.5. The van der Waals surface area contributed by atoms with E-state index in [1.54, 1.807) is 20.3 Å². The lowest BCUT2D eigenvalue weighted by atomic mass is 9.98. The highest BCUT2D eigenvalue weighted by molar-refractivity contribution is 5.38. The molecule has 0 fully saturated rings. The second-order valence-electron chi connectivity index (χ2n) is 4.78. The molecule has 0 bridgehead atoms. The number of likely N-dealkylation sites (N-methyl/N-ethyl adjacent to an activating group) is 1. The highest BCUT2D eigenvalue weighted by Gasteiger charge is 2.16. The van der Waals surface area contributed by atoms with Crippen molar-refractivity contribution in [2.45, 2.75) is 12.5 Å². The second kappa shape index (κ2) is 7.09. The van der Waals surface area contributed by atoms with Crippen LogP contribution >= 0.6 is 0 Å². The first-order valence-electron chi connectivity index (χ1n) is 6.81. The lowest BCUT2D eigenvalue weighted by Gasteiger charge is -2.19. The van der Waals surface area contributed by atoms with Gasteiger partial charge in [-0.2, -0.15) is 0 Å². The summed E-state index contributed by atoms with van der Waals surface area (Å²) in [6, 6.07) is 12.4. The van der Waals surface area contributed by atoms with E-state index in [1.165, 1.54) is 12.1 Å². The molecular formula is C17H20FNO2. The highest BCUT2D eigenvalue weighted by Crippen LogP contribution is 2.28. The van der Waals surface area contributed by atoms with Gasteiger partial charge in [-0.25, -0.2) is 4.39 Å². The van der Waals surface area contributed by atoms with E-state index in [4.69, 9.17) is 9.47 Å². The molecule has 21 heavy (non-hydrogen) atoms. The third kappa shape index (κ3) is 3.73. The normalized spacial score (nSPS) is 12.0. The fraction of sp³-hybridized carbons (Fsp3) is 0.294. The van der Waals surface area contributed by atoms with Crippen LogP contribution in [-0.4, -0.2) is 21.3 Å². The number of methoxy groups -OCH3 is 2. The van der Waals surface area contributed by atoms with Gasteiger partial charge in [-0.05, 0) is 49.4 Å². The van der Waals surface area contributed by atoms with Crippen LogP contribution in [0.15, 0.2) is 42.5 Å². The van der Waals surface area contributed by atoms with Crippen molar-refractivity contribution in [2.24, 2.45) is 0 Å². The zero-order chi connectivity index (χ0) is 15.2. The van der Waals surface area contributed by atoms with Crippen molar-refractivity contribution in [3.63, 3.8) is 0 Å². The molecule has 1 unspecified atom stereocenters. The van der Waals surface area contributed by atoms with Crippen molar-refractivity contribution in [2.75, 3.05) is 21.3 Å². The summed E-state index contributed by atoms with van der Waals surface area (Å²) in [6.07, 6.45) is 0.736. The molecule has 0 aliphatic carbocycles. The van der Waals surface area contributed by atoms with Gasteiger partial charge in [-0.1, -0.05) is 12.1 Å². The second-order valence-corrected chi connectivity index (χ2v) is 4.78. The van der Waals surface area contributed by atoms with Gasteiger partial charge in [0, 0.05) is 11.6 Å². The van der Waals surface area contributed by atoms with Crippen molar-refractivity contribution >= 4 is 0 Å². The summed E-state index contributed by atoms with van der Waals surface area (Å²) in [5.74, 6) is 1.24. The molecule has 1 atom stereocenters. The monoisotopic (exact) mass is 289 g/mol. The van der Waals surface area contributed by atoms with Gasteiger partial charge in [0.2, 0.25) is 0 Å². The molecule has 4 heteroatoms. The van der Waals surface area contributed by atoms with Gasteiger partial charge in [0.05, 0.1) is 14.2 Å². The number of hydrogen-bond acceptors (Lipinski definition) is 3. The minimum absolute atomic E-state index is 0.0240. The minimum Gasteiger partial charge on any atom is -0.497 e. The summed E-state index contributed by atoms with van der Waals surface area (Å²) in [5.41, 5.74) is 1.96. The van der Waals surface area contributed by atoms with Gasteiger partial charge < -0.3 is 14.8 Å². The lowest BCUT2D eigenvalue weighted by Crippen LogP contribution is -2.19. The molecule has 112 valence electrons. The van der Waals surface area contributed by atoms with Gasteiger partial charge in [-0.3, -0.25) is 0 Å². The molecule has 1 N–H and O–H groups in total. The van der Waals surface area contributed by atoms with E-state index in [-0.39, 0.29) is 11.9 Å². The molecule has 0 aliphatic heterocycles. The molecule has 0 radical (unpaired) electrons. The Morgan fingerprint density at radius 3 is 2.33 bits per heavy atom. The highest BCUT2D eigenvalue weighted by atomic mass is 19.1. The molecule has 2 rings (SSSR count). The van der Waals surface area contributed by atoms with Crippen LogP contribution in [-0.2, 0) is 6.42 Å². The number of ether oxygens (including phenoxy) is 2. The molecule has 0 saturated heterocycles. The lowest BCUT2D eigenvalue weighted by molar-refractivity contribution is 0.399. The van der Waals surface area contributed by atoms with Gasteiger partial charge in [-0.15, -0.1) is 0 Å². The minimum atomic E-state index is -0.263. The number of rotatable bonds is 6. The zero-order valence-electron chi connectivity index (χ0n) is 12.5. The molecular weight excluding hydrogens is 269 g/mol. The summed E-state index contributed by atoms with van der Waals surface area (Å²) in [4.78, 5) is 0. The first-order chi connectivity index (χ1) is 10.2. The third-order valence-corrected chi connectivity index (χ3v) is 3.51. The van der Waals surface area contributed by atoms with Crippen LogP contribution < -0.4 is 14.8 Å². The summed E-state index contributed by atoms with van der Waals surface area (Å²) < 4.78 is 24.0. The van der Waals surface area contributed by atoms with Gasteiger partial charge in [0.15, 0.2) is 0 Å². The van der Waals surface area contributed by atoms with E-state index in [2.05, 4.69) is 5.32 Å². The van der Waals surface area contributed by atoms with Crippen LogP contribution in [0.5, 0.6) is 11.5 Å². The molecule has 0 amide bonds. The first kappa shape index (κ1) is 15.3. The first-order valence-corrected chi connectivity index (χ1v) is 6.81. The topological polar surface area (TPSA) is 30.5 Å². The Morgan fingerprint density at radius 1 is 1.05 bits per heavy atom. The fourth-order valence-corrected chi connectivity index (χ4v) is 2.34. The Labute approximate surface area is 124 Å². The van der Waals surface area contributed by atoms with Crippen LogP contribution in [0.4, 0.5) is 4.39 Å². The van der Waals surface area contributed by atoms with E-state index in [9.17, 15) is 4.39 Å². The predicted octanol–water partition coefficient (Wildman–Crippen LogP) is 3.35. The van der Waals surface area contributed by atoms with Gasteiger partial charge >= 0.3 is 0 Å². The summed E-state index contributed by atoms with van der Waals surface area (Å²) in [7, 11) is 5.10. The summed E-state index contributed by atoms with van der Waals surface area (Å²) in [6.45, 7) is 0. The quantitative estimate of drug-likeness (QED) is 0.884. The van der Waals surface area contributed by atoms with Gasteiger partial charge in [0.25, 0.3) is 0 Å². The maximum Gasteiger partial charge on any atom is 0.123 e. The SMILES string of the molecule is CNC(Cc1ccc(OC)cc1)c1cc(F)ccc1OC. The van der Waals surface area contributed by atoms with Crippen LogP contribution in [0.25, 0.3) is 0 Å². The molecule has 0 aliphatic rings. The predicted molar refractivity (Wildman–Crippen MR) is 81.5 cm³/mol. The number of nitrogens with one attached hydrogen (secondary N) is 1.